The first-order valence-corrected chi connectivity index (χ1v) is 7.12. The third-order valence-corrected chi connectivity index (χ3v) is 4.00. The van der Waals surface area contributed by atoms with Crippen molar-refractivity contribution in [3.05, 3.63) is 51.4 Å². The number of halogens is 2. The quantitative estimate of drug-likeness (QED) is 0.774. The van der Waals surface area contributed by atoms with Gasteiger partial charge in [-0.2, -0.15) is 4.98 Å². The molecule has 1 amide bonds. The summed E-state index contributed by atoms with van der Waals surface area (Å²) in [5.74, 6) is -0.537. The van der Waals surface area contributed by atoms with Gasteiger partial charge in [0, 0.05) is 0 Å². The number of aromatic amines is 1. The van der Waals surface area contributed by atoms with Crippen LogP contribution in [0.3, 0.4) is 0 Å². The number of carbonyl (C=O) groups is 1. The van der Waals surface area contributed by atoms with Crippen molar-refractivity contribution in [2.75, 3.05) is 5.32 Å². The van der Waals surface area contributed by atoms with Gasteiger partial charge in [0.15, 0.2) is 5.82 Å². The van der Waals surface area contributed by atoms with Crippen molar-refractivity contribution in [1.29, 1.82) is 0 Å². The summed E-state index contributed by atoms with van der Waals surface area (Å²) in [4.78, 5) is 16.4. The molecular formula is C13H8ClFN4OS. The van der Waals surface area contributed by atoms with Crippen molar-refractivity contribution in [1.82, 2.24) is 15.2 Å². The standard InChI is InChI=1S/C13H8ClFN4OS/c14-8-5-6-21-10(8)12(20)17-13-16-11(18-19-13)7-3-1-2-4-9(7)15/h1-6H,(H2,16,17,18,19,20). The Kier molecular flexibility index (Phi) is 3.68. The highest BCUT2D eigenvalue weighted by Crippen LogP contribution is 2.23. The molecule has 2 N–H and O–H groups in total. The lowest BCUT2D eigenvalue weighted by Gasteiger charge is -1.98. The Hall–Kier alpha value is -2.25. The first-order valence-electron chi connectivity index (χ1n) is 5.87. The maximum Gasteiger partial charge on any atom is 0.269 e. The summed E-state index contributed by atoms with van der Waals surface area (Å²) in [5, 5.41) is 11.0. The van der Waals surface area contributed by atoms with Crippen LogP contribution >= 0.6 is 22.9 Å². The third kappa shape index (κ3) is 2.79. The van der Waals surface area contributed by atoms with E-state index in [1.807, 2.05) is 0 Å². The summed E-state index contributed by atoms with van der Waals surface area (Å²) < 4.78 is 13.6. The van der Waals surface area contributed by atoms with Crippen molar-refractivity contribution in [2.24, 2.45) is 0 Å². The third-order valence-electron chi connectivity index (χ3n) is 2.66. The molecular weight excluding hydrogens is 315 g/mol. The number of nitrogens with one attached hydrogen (secondary N) is 2. The van der Waals surface area contributed by atoms with E-state index in [1.165, 1.54) is 17.4 Å². The van der Waals surface area contributed by atoms with Crippen molar-refractivity contribution in [3.8, 4) is 11.4 Å². The Morgan fingerprint density at radius 2 is 2.14 bits per heavy atom. The number of benzene rings is 1. The smallest absolute Gasteiger partial charge is 0.269 e. The maximum absolute atomic E-state index is 13.6. The van der Waals surface area contributed by atoms with Crippen LogP contribution in [0.25, 0.3) is 11.4 Å². The van der Waals surface area contributed by atoms with Crippen molar-refractivity contribution >= 4 is 34.8 Å². The van der Waals surface area contributed by atoms with Crippen LogP contribution in [-0.4, -0.2) is 21.1 Å². The van der Waals surface area contributed by atoms with E-state index >= 15 is 0 Å². The molecule has 2 heterocycles. The number of hydrogen-bond donors (Lipinski definition) is 2. The summed E-state index contributed by atoms with van der Waals surface area (Å²) in [6, 6.07) is 7.78. The molecule has 0 atom stereocenters. The molecule has 0 saturated heterocycles. The Morgan fingerprint density at radius 1 is 1.33 bits per heavy atom. The second kappa shape index (κ2) is 5.63. The van der Waals surface area contributed by atoms with E-state index in [0.717, 1.165) is 0 Å². The van der Waals surface area contributed by atoms with Crippen LogP contribution in [-0.2, 0) is 0 Å². The first-order chi connectivity index (χ1) is 10.1. The Balaban J connectivity index is 1.82. The molecule has 106 valence electrons. The maximum atomic E-state index is 13.6. The second-order valence-electron chi connectivity index (χ2n) is 4.04. The zero-order valence-corrected chi connectivity index (χ0v) is 12.0. The van der Waals surface area contributed by atoms with E-state index in [4.69, 9.17) is 11.6 Å². The van der Waals surface area contributed by atoms with Gasteiger partial charge in [-0.05, 0) is 23.6 Å². The van der Waals surface area contributed by atoms with E-state index in [0.29, 0.717) is 9.90 Å². The molecule has 2 aromatic heterocycles. The predicted molar refractivity (Wildman–Crippen MR) is 79.1 cm³/mol. The molecule has 0 radical (unpaired) electrons. The summed E-state index contributed by atoms with van der Waals surface area (Å²) in [6.07, 6.45) is 0. The highest BCUT2D eigenvalue weighted by atomic mass is 35.5. The van der Waals surface area contributed by atoms with E-state index in [2.05, 4.69) is 20.5 Å². The van der Waals surface area contributed by atoms with Gasteiger partial charge in [-0.1, -0.05) is 23.7 Å². The average molecular weight is 323 g/mol. The molecule has 0 bridgehead atoms. The number of carbonyl (C=O) groups excluding carboxylic acids is 1. The van der Waals surface area contributed by atoms with E-state index in [-0.39, 0.29) is 17.3 Å². The van der Waals surface area contributed by atoms with Crippen LogP contribution in [0.5, 0.6) is 0 Å². The van der Waals surface area contributed by atoms with Crippen molar-refractivity contribution < 1.29 is 9.18 Å². The Labute approximate surface area is 127 Å². The minimum atomic E-state index is -0.423. The van der Waals surface area contributed by atoms with Gasteiger partial charge in [-0.25, -0.2) is 4.39 Å². The van der Waals surface area contributed by atoms with Gasteiger partial charge in [0.1, 0.15) is 10.7 Å². The number of H-pyrrole nitrogens is 1. The molecule has 0 saturated carbocycles. The minimum absolute atomic E-state index is 0.0581. The molecule has 5 nitrogen and oxygen atoms in total. The molecule has 0 aliphatic heterocycles. The topological polar surface area (TPSA) is 70.7 Å². The fourth-order valence-electron chi connectivity index (χ4n) is 1.71. The number of hydrogen-bond acceptors (Lipinski definition) is 4. The highest BCUT2D eigenvalue weighted by molar-refractivity contribution is 7.12. The normalized spacial score (nSPS) is 10.6. The van der Waals surface area contributed by atoms with Crippen molar-refractivity contribution in [3.63, 3.8) is 0 Å². The van der Waals surface area contributed by atoms with Crippen LogP contribution in [0.1, 0.15) is 9.67 Å². The summed E-state index contributed by atoms with van der Waals surface area (Å²) in [6.45, 7) is 0. The van der Waals surface area contributed by atoms with Gasteiger partial charge in [-0.15, -0.1) is 16.4 Å². The highest BCUT2D eigenvalue weighted by Gasteiger charge is 2.15. The number of thiophene rings is 1. The van der Waals surface area contributed by atoms with Gasteiger partial charge in [-0.3, -0.25) is 15.2 Å². The average Bonchev–Trinajstić information content (AvgIpc) is 3.08. The molecule has 3 rings (SSSR count). The summed E-state index contributed by atoms with van der Waals surface area (Å²) in [5.41, 5.74) is 0.277. The van der Waals surface area contributed by atoms with Crippen LogP contribution in [0.15, 0.2) is 35.7 Å². The molecule has 1 aromatic carbocycles. The molecule has 0 fully saturated rings. The van der Waals surface area contributed by atoms with Crippen LogP contribution in [0.2, 0.25) is 5.02 Å². The van der Waals surface area contributed by atoms with E-state index in [1.54, 1.807) is 29.6 Å². The second-order valence-corrected chi connectivity index (χ2v) is 5.36. The minimum Gasteiger partial charge on any atom is -0.288 e. The lowest BCUT2D eigenvalue weighted by atomic mass is 10.2. The monoisotopic (exact) mass is 322 g/mol. The number of anilines is 1. The summed E-state index contributed by atoms with van der Waals surface area (Å²) in [7, 11) is 0. The first kappa shape index (κ1) is 13.7. The van der Waals surface area contributed by atoms with Crippen LogP contribution in [0, 0.1) is 5.82 Å². The Bertz CT molecular complexity index is 801. The van der Waals surface area contributed by atoms with Gasteiger partial charge in [0.05, 0.1) is 10.6 Å². The van der Waals surface area contributed by atoms with Gasteiger partial charge >= 0.3 is 0 Å². The zero-order valence-electron chi connectivity index (χ0n) is 10.4. The Morgan fingerprint density at radius 3 is 2.86 bits per heavy atom. The number of amides is 1. The fraction of sp³-hybridized carbons (Fsp3) is 0. The van der Waals surface area contributed by atoms with E-state index < -0.39 is 11.7 Å². The SMILES string of the molecule is O=C(Nc1n[nH]c(-c2ccccc2F)n1)c1sccc1Cl. The molecule has 0 aliphatic rings. The molecule has 0 unspecified atom stereocenters. The van der Waals surface area contributed by atoms with Gasteiger partial charge < -0.3 is 0 Å². The van der Waals surface area contributed by atoms with Crippen LogP contribution < -0.4 is 5.32 Å². The van der Waals surface area contributed by atoms with Gasteiger partial charge in [0.25, 0.3) is 5.91 Å². The molecule has 0 aliphatic carbocycles. The predicted octanol–water partition coefficient (Wildman–Crippen LogP) is 3.58. The summed E-state index contributed by atoms with van der Waals surface area (Å²) >= 11 is 7.09. The molecule has 0 spiro atoms. The van der Waals surface area contributed by atoms with Crippen LogP contribution in [0.4, 0.5) is 10.3 Å². The zero-order chi connectivity index (χ0) is 14.8. The fourth-order valence-corrected chi connectivity index (χ4v) is 2.74. The number of rotatable bonds is 3. The van der Waals surface area contributed by atoms with Gasteiger partial charge in [0.2, 0.25) is 5.95 Å². The number of nitrogens with zero attached hydrogens (tertiary/aromatic N) is 2. The van der Waals surface area contributed by atoms with Crippen molar-refractivity contribution in [2.45, 2.75) is 0 Å². The lowest BCUT2D eigenvalue weighted by molar-refractivity contribution is 0.103. The molecule has 8 heteroatoms. The molecule has 21 heavy (non-hydrogen) atoms. The largest absolute Gasteiger partial charge is 0.288 e. The van der Waals surface area contributed by atoms with E-state index in [9.17, 15) is 9.18 Å². The lowest BCUT2D eigenvalue weighted by Crippen LogP contribution is -2.11. The number of aromatic nitrogens is 3. The molecule has 3 aromatic rings.